The van der Waals surface area contributed by atoms with Gasteiger partial charge in [-0.25, -0.2) is 4.39 Å². The zero-order chi connectivity index (χ0) is 29.2. The van der Waals surface area contributed by atoms with Gasteiger partial charge in [-0.3, -0.25) is 4.90 Å². The summed E-state index contributed by atoms with van der Waals surface area (Å²) < 4.78 is 106. The summed E-state index contributed by atoms with van der Waals surface area (Å²) in [7, 11) is 3.75. The SMILES string of the molecule is C[C@@H](O[C@H]1OCCN(Cc2n[nH]nc2CN(C)C)[C@H]1c1ccc(F)cc1)c1cc(C(F)(F)F)cc(C(F)(F)F)c1.Cl. The van der Waals surface area contributed by atoms with Gasteiger partial charge < -0.3 is 14.4 Å². The predicted molar refractivity (Wildman–Crippen MR) is 136 cm³/mol. The molecule has 0 aliphatic carbocycles. The molecule has 1 aliphatic rings. The maximum absolute atomic E-state index is 13.7. The smallest absolute Gasteiger partial charge is 0.349 e. The Morgan fingerprint density at radius 3 is 2.15 bits per heavy atom. The Morgan fingerprint density at radius 1 is 1.00 bits per heavy atom. The molecule has 0 unspecified atom stereocenters. The topological polar surface area (TPSA) is 66.5 Å². The standard InChI is InChI=1S/C26H28F7N5O2.ClH/c1-15(17-10-18(25(28,29)30)12-19(11-17)26(31,32)33)40-24-23(16-4-6-20(27)7-5-16)38(8-9-39-24)14-22-21(13-37(2)3)34-36-35-22;/h4-7,10-12,15,23-24H,8-9,13-14H2,1-3H3,(H,34,35,36);1H/t15-,23+,24-;/m1./s1. The van der Waals surface area contributed by atoms with Gasteiger partial charge in [-0.2, -0.15) is 41.8 Å². The number of hydrogen-bond donors (Lipinski definition) is 1. The van der Waals surface area contributed by atoms with Crippen molar-refractivity contribution in [3.05, 3.63) is 81.9 Å². The summed E-state index contributed by atoms with van der Waals surface area (Å²) in [6.45, 7) is 2.69. The van der Waals surface area contributed by atoms with Crippen LogP contribution < -0.4 is 0 Å². The number of hydrogen-bond acceptors (Lipinski definition) is 6. The number of nitrogens with zero attached hydrogens (tertiary/aromatic N) is 4. The van der Waals surface area contributed by atoms with E-state index in [1.165, 1.54) is 31.2 Å². The molecule has 15 heteroatoms. The molecule has 3 atom stereocenters. The molecule has 0 amide bonds. The summed E-state index contributed by atoms with van der Waals surface area (Å²) in [6, 6.07) is 6.20. The molecule has 0 radical (unpaired) electrons. The normalized spacial score (nSPS) is 19.3. The third kappa shape index (κ3) is 8.16. The molecule has 2 heterocycles. The van der Waals surface area contributed by atoms with Gasteiger partial charge >= 0.3 is 12.4 Å². The minimum absolute atomic E-state index is 0. The lowest BCUT2D eigenvalue weighted by atomic mass is 10.0. The Balaban J connectivity index is 0.00000462. The number of halogens is 8. The van der Waals surface area contributed by atoms with Gasteiger partial charge in [0.15, 0.2) is 6.29 Å². The van der Waals surface area contributed by atoms with E-state index in [4.69, 9.17) is 9.47 Å². The van der Waals surface area contributed by atoms with E-state index in [0.717, 1.165) is 0 Å². The first-order valence-electron chi connectivity index (χ1n) is 12.3. The fourth-order valence-corrected chi connectivity index (χ4v) is 4.52. The fourth-order valence-electron chi connectivity index (χ4n) is 4.52. The van der Waals surface area contributed by atoms with Crippen molar-refractivity contribution in [3.63, 3.8) is 0 Å². The molecular weight excluding hydrogens is 583 g/mol. The minimum atomic E-state index is -4.99. The number of rotatable bonds is 8. The first-order chi connectivity index (χ1) is 18.7. The Labute approximate surface area is 238 Å². The fraction of sp³-hybridized carbons (Fsp3) is 0.462. The van der Waals surface area contributed by atoms with Gasteiger partial charge in [0.1, 0.15) is 17.2 Å². The molecule has 1 aromatic heterocycles. The molecule has 0 spiro atoms. The van der Waals surface area contributed by atoms with Crippen LogP contribution in [0.1, 0.15) is 52.7 Å². The maximum atomic E-state index is 13.7. The van der Waals surface area contributed by atoms with Crippen molar-refractivity contribution >= 4 is 12.4 Å². The van der Waals surface area contributed by atoms with E-state index in [1.807, 2.05) is 23.9 Å². The number of H-pyrrole nitrogens is 1. The van der Waals surface area contributed by atoms with Crippen molar-refractivity contribution in [1.82, 2.24) is 25.2 Å². The van der Waals surface area contributed by atoms with Crippen LogP contribution in [0, 0.1) is 5.82 Å². The van der Waals surface area contributed by atoms with Crippen LogP contribution in [-0.4, -0.2) is 58.7 Å². The molecule has 0 bridgehead atoms. The lowest BCUT2D eigenvalue weighted by molar-refractivity contribution is -0.231. The monoisotopic (exact) mass is 611 g/mol. The van der Waals surface area contributed by atoms with E-state index in [1.54, 1.807) is 0 Å². The molecule has 1 aliphatic heterocycles. The highest BCUT2D eigenvalue weighted by Gasteiger charge is 2.39. The summed E-state index contributed by atoms with van der Waals surface area (Å²) in [4.78, 5) is 3.86. The highest BCUT2D eigenvalue weighted by Crippen LogP contribution is 2.40. The molecule has 1 fully saturated rings. The van der Waals surface area contributed by atoms with Gasteiger partial charge in [0.2, 0.25) is 0 Å². The van der Waals surface area contributed by atoms with Crippen LogP contribution in [0.15, 0.2) is 42.5 Å². The Morgan fingerprint density at radius 2 is 1.59 bits per heavy atom. The number of aromatic amines is 1. The molecule has 4 rings (SSSR count). The van der Waals surface area contributed by atoms with Crippen molar-refractivity contribution in [1.29, 1.82) is 0 Å². The minimum Gasteiger partial charge on any atom is -0.349 e. The van der Waals surface area contributed by atoms with Crippen LogP contribution in [0.3, 0.4) is 0 Å². The number of alkyl halides is 6. The van der Waals surface area contributed by atoms with Crippen LogP contribution in [0.4, 0.5) is 30.7 Å². The maximum Gasteiger partial charge on any atom is 0.416 e. The summed E-state index contributed by atoms with van der Waals surface area (Å²) in [6.07, 6.45) is -12.3. The second-order valence-corrected chi connectivity index (χ2v) is 9.78. The van der Waals surface area contributed by atoms with Crippen LogP contribution in [0.2, 0.25) is 0 Å². The summed E-state index contributed by atoms with van der Waals surface area (Å²) >= 11 is 0. The Kier molecular flexibility index (Phi) is 10.4. The van der Waals surface area contributed by atoms with Crippen LogP contribution in [0.5, 0.6) is 0 Å². The molecule has 3 aromatic rings. The van der Waals surface area contributed by atoms with Crippen molar-refractivity contribution in [3.8, 4) is 0 Å². The van der Waals surface area contributed by atoms with E-state index in [2.05, 4.69) is 15.4 Å². The largest absolute Gasteiger partial charge is 0.416 e. The van der Waals surface area contributed by atoms with E-state index in [9.17, 15) is 30.7 Å². The Bertz CT molecular complexity index is 1250. The van der Waals surface area contributed by atoms with Gasteiger partial charge in [0.05, 0.1) is 29.9 Å². The lowest BCUT2D eigenvalue weighted by Crippen LogP contribution is -2.46. The first-order valence-corrected chi connectivity index (χ1v) is 12.3. The number of ether oxygens (including phenoxy) is 2. The van der Waals surface area contributed by atoms with Crippen molar-refractivity contribution in [2.24, 2.45) is 0 Å². The second kappa shape index (κ2) is 13.0. The van der Waals surface area contributed by atoms with E-state index in [-0.39, 0.29) is 37.2 Å². The van der Waals surface area contributed by atoms with Crippen LogP contribution in [-0.2, 0) is 34.9 Å². The van der Waals surface area contributed by atoms with Crippen molar-refractivity contribution in [2.75, 3.05) is 27.2 Å². The van der Waals surface area contributed by atoms with Gasteiger partial charge in [-0.05, 0) is 62.5 Å². The molecule has 226 valence electrons. The average molecular weight is 612 g/mol. The zero-order valence-corrected chi connectivity index (χ0v) is 23.1. The van der Waals surface area contributed by atoms with E-state index < -0.39 is 47.7 Å². The Hall–Kier alpha value is -2.78. The quantitative estimate of drug-likeness (QED) is 0.309. The van der Waals surface area contributed by atoms with Gasteiger partial charge in [-0.15, -0.1) is 12.4 Å². The molecule has 2 aromatic carbocycles. The molecule has 1 N–H and O–H groups in total. The van der Waals surface area contributed by atoms with Crippen LogP contribution in [0.25, 0.3) is 0 Å². The third-order valence-electron chi connectivity index (χ3n) is 6.46. The average Bonchev–Trinajstić information content (AvgIpc) is 3.29. The second-order valence-electron chi connectivity index (χ2n) is 9.78. The van der Waals surface area contributed by atoms with Crippen molar-refractivity contribution < 1.29 is 40.2 Å². The summed E-state index contributed by atoms with van der Waals surface area (Å²) in [5.74, 6) is -0.480. The molecule has 0 saturated carbocycles. The zero-order valence-electron chi connectivity index (χ0n) is 22.3. The number of aromatic nitrogens is 3. The molecular formula is C26H29ClF7N5O2. The highest BCUT2D eigenvalue weighted by molar-refractivity contribution is 5.85. The third-order valence-corrected chi connectivity index (χ3v) is 6.46. The van der Waals surface area contributed by atoms with Gasteiger partial charge in [-0.1, -0.05) is 12.1 Å². The van der Waals surface area contributed by atoms with Crippen molar-refractivity contribution in [2.45, 2.75) is 50.8 Å². The molecule has 7 nitrogen and oxygen atoms in total. The summed E-state index contributed by atoms with van der Waals surface area (Å²) in [5.41, 5.74) is -1.27. The molecule has 41 heavy (non-hydrogen) atoms. The predicted octanol–water partition coefficient (Wildman–Crippen LogP) is 6.14. The molecule has 1 saturated heterocycles. The lowest BCUT2D eigenvalue weighted by Gasteiger charge is -2.42. The van der Waals surface area contributed by atoms with E-state index in [0.29, 0.717) is 42.2 Å². The number of morpholine rings is 1. The summed E-state index contributed by atoms with van der Waals surface area (Å²) in [5, 5.41) is 11.0. The number of benzene rings is 2. The first kappa shape index (κ1) is 32.7. The highest BCUT2D eigenvalue weighted by atomic mass is 35.5. The van der Waals surface area contributed by atoms with E-state index >= 15 is 0 Å². The van der Waals surface area contributed by atoms with Crippen LogP contribution >= 0.6 is 12.4 Å². The van der Waals surface area contributed by atoms with Gasteiger partial charge in [0, 0.05) is 19.6 Å². The number of nitrogens with one attached hydrogen (secondary N) is 1. The van der Waals surface area contributed by atoms with Gasteiger partial charge in [0.25, 0.3) is 0 Å².